The van der Waals surface area contributed by atoms with Crippen molar-refractivity contribution in [3.63, 3.8) is 0 Å². The monoisotopic (exact) mass is 715 g/mol. The molecule has 1 aromatic heterocycles. The van der Waals surface area contributed by atoms with Crippen LogP contribution in [0.2, 0.25) is 0 Å². The van der Waals surface area contributed by atoms with Gasteiger partial charge in [0.1, 0.15) is 30.3 Å². The highest BCUT2D eigenvalue weighted by molar-refractivity contribution is 6.02. The van der Waals surface area contributed by atoms with Crippen LogP contribution >= 0.6 is 0 Å². The summed E-state index contributed by atoms with van der Waals surface area (Å²) < 4.78 is 24.9. The lowest BCUT2D eigenvalue weighted by Crippen LogP contribution is -2.36. The minimum atomic E-state index is -0.582. The summed E-state index contributed by atoms with van der Waals surface area (Å²) in [6.45, 7) is 13.9. The first kappa shape index (κ1) is 37.2. The zero-order chi connectivity index (χ0) is 37.5. The van der Waals surface area contributed by atoms with Crippen molar-refractivity contribution < 1.29 is 28.3 Å². The zero-order valence-electron chi connectivity index (χ0n) is 31.5. The Morgan fingerprint density at radius 1 is 0.868 bits per heavy atom. The van der Waals surface area contributed by atoms with Gasteiger partial charge in [-0.15, -0.1) is 0 Å². The highest BCUT2D eigenvalue weighted by Crippen LogP contribution is 2.45. The van der Waals surface area contributed by atoms with E-state index in [1.807, 2.05) is 113 Å². The minimum absolute atomic E-state index is 0.0948. The molecule has 1 aliphatic rings. The second-order valence-electron chi connectivity index (χ2n) is 14.7. The molecule has 4 aromatic carbocycles. The fourth-order valence-corrected chi connectivity index (χ4v) is 6.46. The Balaban J connectivity index is 1.45. The number of fused-ring (bicyclic) bond motifs is 1. The van der Waals surface area contributed by atoms with E-state index in [9.17, 15) is 9.59 Å². The van der Waals surface area contributed by atoms with Crippen LogP contribution in [0.1, 0.15) is 92.2 Å². The molecule has 0 aliphatic carbocycles. The molecule has 276 valence electrons. The van der Waals surface area contributed by atoms with E-state index in [0.29, 0.717) is 61.2 Å². The molecule has 9 heteroatoms. The van der Waals surface area contributed by atoms with Gasteiger partial charge >= 0.3 is 6.09 Å². The van der Waals surface area contributed by atoms with Crippen molar-refractivity contribution in [2.24, 2.45) is 0 Å². The van der Waals surface area contributed by atoms with Gasteiger partial charge in [0.25, 0.3) is 5.91 Å². The summed E-state index contributed by atoms with van der Waals surface area (Å²) >= 11 is 0. The van der Waals surface area contributed by atoms with E-state index in [-0.39, 0.29) is 23.6 Å². The average Bonchev–Trinajstić information content (AvgIpc) is 3.46. The van der Waals surface area contributed by atoms with Crippen molar-refractivity contribution in [2.45, 2.75) is 85.7 Å². The number of ether oxygens (including phenoxy) is 3. The molecule has 0 spiro atoms. The maximum absolute atomic E-state index is 13.6. The van der Waals surface area contributed by atoms with Gasteiger partial charge in [-0.05, 0) is 85.9 Å². The molecule has 0 saturated heterocycles. The molecule has 0 radical (unpaired) electrons. The van der Waals surface area contributed by atoms with Gasteiger partial charge in [0, 0.05) is 25.7 Å². The van der Waals surface area contributed by atoms with Crippen LogP contribution in [0, 0.1) is 0 Å². The Kier molecular flexibility index (Phi) is 11.5. The van der Waals surface area contributed by atoms with Crippen LogP contribution in [0.3, 0.4) is 0 Å². The Hall–Kier alpha value is -5.57. The van der Waals surface area contributed by atoms with E-state index in [2.05, 4.69) is 30.4 Å². The van der Waals surface area contributed by atoms with Crippen LogP contribution in [0.25, 0.3) is 22.5 Å². The van der Waals surface area contributed by atoms with Crippen LogP contribution in [-0.4, -0.2) is 40.7 Å². The molecule has 1 aliphatic heterocycles. The van der Waals surface area contributed by atoms with E-state index in [0.717, 1.165) is 46.2 Å². The summed E-state index contributed by atoms with van der Waals surface area (Å²) in [7, 11) is 0. The summed E-state index contributed by atoms with van der Waals surface area (Å²) in [5.41, 5.74) is 6.79. The number of carbonyl (C=O) groups excluding carboxylic acids is 2. The molecule has 0 unspecified atom stereocenters. The van der Waals surface area contributed by atoms with Gasteiger partial charge in [-0.1, -0.05) is 97.9 Å². The van der Waals surface area contributed by atoms with Crippen LogP contribution in [0.5, 0.6) is 11.5 Å². The number of aromatic nitrogens is 1. The maximum atomic E-state index is 13.6. The van der Waals surface area contributed by atoms with E-state index < -0.39 is 5.60 Å². The Morgan fingerprint density at radius 2 is 1.53 bits per heavy atom. The Bertz CT molecular complexity index is 2030. The molecule has 9 nitrogen and oxygen atoms in total. The molecular formula is C44H49N3O6. The zero-order valence-corrected chi connectivity index (χ0v) is 31.5. The van der Waals surface area contributed by atoms with Crippen molar-refractivity contribution in [1.82, 2.24) is 15.4 Å². The summed E-state index contributed by atoms with van der Waals surface area (Å²) in [5, 5.41) is 7.28. The lowest BCUT2D eigenvalue weighted by atomic mass is 9.92. The van der Waals surface area contributed by atoms with Crippen LogP contribution in [-0.2, 0) is 30.9 Å². The first-order chi connectivity index (χ1) is 25.5. The third kappa shape index (κ3) is 9.09. The fourth-order valence-electron chi connectivity index (χ4n) is 6.46. The molecule has 0 atom stereocenters. The van der Waals surface area contributed by atoms with Gasteiger partial charge in [0.15, 0.2) is 11.5 Å². The molecule has 2 heterocycles. The topological polar surface area (TPSA) is 103 Å². The molecule has 2 amide bonds. The summed E-state index contributed by atoms with van der Waals surface area (Å²) in [6.07, 6.45) is 1.21. The summed E-state index contributed by atoms with van der Waals surface area (Å²) in [4.78, 5) is 28.3. The average molecular weight is 716 g/mol. The second-order valence-corrected chi connectivity index (χ2v) is 14.7. The Labute approximate surface area is 312 Å². The molecule has 0 fully saturated rings. The number of rotatable bonds is 11. The SMILES string of the molecule is CCNC(=O)c1noc(-c2cc(C(C)C)c(OCc3ccccc3)cc2OCc2ccccc2)c1-c1ccc2c(c1)CCCN(C(=O)OC(C)(C)C)C2. The van der Waals surface area contributed by atoms with Gasteiger partial charge in [0.05, 0.1) is 11.1 Å². The number of nitrogens with one attached hydrogen (secondary N) is 1. The third-order valence-corrected chi connectivity index (χ3v) is 9.08. The van der Waals surface area contributed by atoms with Crippen LogP contribution < -0.4 is 14.8 Å². The molecule has 1 N–H and O–H groups in total. The highest BCUT2D eigenvalue weighted by Gasteiger charge is 2.30. The predicted octanol–water partition coefficient (Wildman–Crippen LogP) is 9.72. The molecule has 6 rings (SSSR count). The Morgan fingerprint density at radius 3 is 2.15 bits per heavy atom. The van der Waals surface area contributed by atoms with Crippen molar-refractivity contribution in [3.05, 3.63) is 125 Å². The van der Waals surface area contributed by atoms with Crippen molar-refractivity contribution in [1.29, 1.82) is 0 Å². The standard InChI is InChI=1S/C44H49N3O6/c1-7-45-42(48)40-39(33-20-21-34-26-47(22-14-19-32(34)23-33)43(49)52-44(4,5)6)41(53-46-40)36-24-35(29(2)3)37(50-27-30-15-10-8-11-16-30)25-38(36)51-28-31-17-12-9-13-18-31/h8-13,15-18,20-21,23-25,29H,7,14,19,22,26-28H2,1-6H3,(H,45,48). The number of nitrogens with zero attached hydrogens (tertiary/aromatic N) is 2. The van der Waals surface area contributed by atoms with Crippen LogP contribution in [0.15, 0.2) is 95.5 Å². The minimum Gasteiger partial charge on any atom is -0.488 e. The van der Waals surface area contributed by atoms with Gasteiger partial charge < -0.3 is 29.0 Å². The lowest BCUT2D eigenvalue weighted by Gasteiger charge is -2.26. The molecule has 0 bridgehead atoms. The summed E-state index contributed by atoms with van der Waals surface area (Å²) in [5.74, 6) is 1.44. The van der Waals surface area contributed by atoms with Gasteiger partial charge in [-0.25, -0.2) is 4.79 Å². The van der Waals surface area contributed by atoms with Gasteiger partial charge in [-0.3, -0.25) is 4.79 Å². The van der Waals surface area contributed by atoms with E-state index in [1.54, 1.807) is 4.90 Å². The highest BCUT2D eigenvalue weighted by atomic mass is 16.6. The lowest BCUT2D eigenvalue weighted by molar-refractivity contribution is 0.0236. The number of aryl methyl sites for hydroxylation is 1. The number of carbonyl (C=O) groups is 2. The predicted molar refractivity (Wildman–Crippen MR) is 206 cm³/mol. The molecule has 5 aromatic rings. The first-order valence-electron chi connectivity index (χ1n) is 18.4. The van der Waals surface area contributed by atoms with Gasteiger partial charge in [-0.2, -0.15) is 0 Å². The number of amides is 2. The van der Waals surface area contributed by atoms with Crippen molar-refractivity contribution in [2.75, 3.05) is 13.1 Å². The normalized spacial score (nSPS) is 12.9. The van der Waals surface area contributed by atoms with E-state index >= 15 is 0 Å². The fraction of sp³-hybridized carbons (Fsp3) is 0.341. The molecular weight excluding hydrogens is 666 g/mol. The molecule has 0 saturated carbocycles. The second kappa shape index (κ2) is 16.4. The quantitative estimate of drug-likeness (QED) is 0.145. The van der Waals surface area contributed by atoms with Gasteiger partial charge in [0.2, 0.25) is 0 Å². The smallest absolute Gasteiger partial charge is 0.410 e. The molecule has 53 heavy (non-hydrogen) atoms. The largest absolute Gasteiger partial charge is 0.488 e. The van der Waals surface area contributed by atoms with Crippen molar-refractivity contribution in [3.8, 4) is 33.9 Å². The number of hydrogen-bond donors (Lipinski definition) is 1. The number of hydrogen-bond acceptors (Lipinski definition) is 7. The first-order valence-corrected chi connectivity index (χ1v) is 18.4. The van der Waals surface area contributed by atoms with Crippen molar-refractivity contribution >= 4 is 12.0 Å². The summed E-state index contributed by atoms with van der Waals surface area (Å²) in [6, 6.07) is 30.1. The maximum Gasteiger partial charge on any atom is 0.410 e. The third-order valence-electron chi connectivity index (χ3n) is 9.08. The number of benzene rings is 4. The van der Waals surface area contributed by atoms with E-state index in [1.165, 1.54) is 0 Å². The van der Waals surface area contributed by atoms with E-state index in [4.69, 9.17) is 18.7 Å². The van der Waals surface area contributed by atoms with Crippen LogP contribution in [0.4, 0.5) is 4.79 Å².